The lowest BCUT2D eigenvalue weighted by Gasteiger charge is -2.07. The van der Waals surface area contributed by atoms with Gasteiger partial charge in [-0.25, -0.2) is 4.39 Å². The third kappa shape index (κ3) is 1.02. The highest BCUT2D eigenvalue weighted by atomic mass is 19.1. The molecular formula is C9H10FNO. The van der Waals surface area contributed by atoms with E-state index >= 15 is 0 Å². The lowest BCUT2D eigenvalue weighted by molar-refractivity contribution is 0.159. The van der Waals surface area contributed by atoms with Crippen LogP contribution in [0.1, 0.15) is 17.2 Å². The van der Waals surface area contributed by atoms with Crippen molar-refractivity contribution < 1.29 is 9.50 Å². The van der Waals surface area contributed by atoms with Gasteiger partial charge in [0, 0.05) is 6.04 Å². The molecule has 1 aromatic rings. The summed E-state index contributed by atoms with van der Waals surface area (Å²) in [6, 6.07) is 4.15. The van der Waals surface area contributed by atoms with Crippen LogP contribution < -0.4 is 5.73 Å². The molecule has 2 atom stereocenters. The fourth-order valence-electron chi connectivity index (χ4n) is 1.62. The van der Waals surface area contributed by atoms with Crippen molar-refractivity contribution in [2.45, 2.75) is 18.6 Å². The molecule has 64 valence electrons. The maximum atomic E-state index is 12.7. The normalized spacial score (nSPS) is 27.2. The molecule has 2 nitrogen and oxygen atoms in total. The molecule has 0 bridgehead atoms. The SMILES string of the molecule is N[C@H]1Cc2ccc(F)cc2[C@@H]1O. The van der Waals surface area contributed by atoms with E-state index in [1.807, 2.05) is 0 Å². The number of aliphatic hydroxyl groups excluding tert-OH is 1. The molecule has 1 aliphatic rings. The Hall–Kier alpha value is -0.930. The topological polar surface area (TPSA) is 46.2 Å². The molecule has 0 saturated carbocycles. The van der Waals surface area contributed by atoms with Crippen molar-refractivity contribution in [3.63, 3.8) is 0 Å². The first-order valence-electron chi connectivity index (χ1n) is 3.90. The van der Waals surface area contributed by atoms with E-state index in [0.717, 1.165) is 5.56 Å². The zero-order chi connectivity index (χ0) is 8.72. The summed E-state index contributed by atoms with van der Waals surface area (Å²) in [6.07, 6.45) is -0.0627. The number of benzene rings is 1. The van der Waals surface area contributed by atoms with Crippen molar-refractivity contribution in [1.29, 1.82) is 0 Å². The van der Waals surface area contributed by atoms with Gasteiger partial charge in [0.05, 0.1) is 6.10 Å². The Kier molecular flexibility index (Phi) is 1.63. The Labute approximate surface area is 69.8 Å². The number of fused-ring (bicyclic) bond motifs is 1. The van der Waals surface area contributed by atoms with Gasteiger partial charge < -0.3 is 10.8 Å². The van der Waals surface area contributed by atoms with Crippen LogP contribution in [0.15, 0.2) is 18.2 Å². The van der Waals surface area contributed by atoms with Gasteiger partial charge in [-0.1, -0.05) is 6.07 Å². The molecule has 0 amide bonds. The molecule has 0 aromatic heterocycles. The van der Waals surface area contributed by atoms with Gasteiger partial charge in [-0.15, -0.1) is 0 Å². The van der Waals surface area contributed by atoms with Crippen molar-refractivity contribution >= 4 is 0 Å². The predicted octanol–water partition coefficient (Wildman–Crippen LogP) is 0.743. The maximum Gasteiger partial charge on any atom is 0.123 e. The highest BCUT2D eigenvalue weighted by Gasteiger charge is 2.27. The van der Waals surface area contributed by atoms with Gasteiger partial charge in [-0.05, 0) is 29.7 Å². The second kappa shape index (κ2) is 2.54. The quantitative estimate of drug-likeness (QED) is 0.598. The van der Waals surface area contributed by atoms with Crippen LogP contribution >= 0.6 is 0 Å². The lowest BCUT2D eigenvalue weighted by Crippen LogP contribution is -2.24. The molecule has 1 aromatic carbocycles. The average Bonchev–Trinajstić information content (AvgIpc) is 2.31. The molecule has 0 spiro atoms. The fraction of sp³-hybridized carbons (Fsp3) is 0.333. The van der Waals surface area contributed by atoms with Gasteiger partial charge in [0.2, 0.25) is 0 Å². The fourth-order valence-corrected chi connectivity index (χ4v) is 1.62. The van der Waals surface area contributed by atoms with E-state index in [0.29, 0.717) is 12.0 Å². The molecule has 3 heteroatoms. The smallest absolute Gasteiger partial charge is 0.123 e. The lowest BCUT2D eigenvalue weighted by atomic mass is 10.1. The van der Waals surface area contributed by atoms with Crippen molar-refractivity contribution in [3.8, 4) is 0 Å². The molecule has 1 aliphatic carbocycles. The molecule has 12 heavy (non-hydrogen) atoms. The number of aliphatic hydroxyl groups is 1. The minimum atomic E-state index is -0.698. The molecule has 0 saturated heterocycles. The Balaban J connectivity index is 2.48. The number of nitrogens with two attached hydrogens (primary N) is 1. The average molecular weight is 167 g/mol. The van der Waals surface area contributed by atoms with Crippen LogP contribution in [0.4, 0.5) is 4.39 Å². The first-order valence-corrected chi connectivity index (χ1v) is 3.90. The predicted molar refractivity (Wildman–Crippen MR) is 43.0 cm³/mol. The maximum absolute atomic E-state index is 12.7. The summed E-state index contributed by atoms with van der Waals surface area (Å²) >= 11 is 0. The van der Waals surface area contributed by atoms with Gasteiger partial charge in [-0.2, -0.15) is 0 Å². The van der Waals surface area contributed by atoms with E-state index in [1.165, 1.54) is 12.1 Å². The molecule has 0 radical (unpaired) electrons. The molecule has 2 rings (SSSR count). The summed E-state index contributed by atoms with van der Waals surface area (Å²) in [5, 5.41) is 9.48. The number of hydrogen-bond donors (Lipinski definition) is 2. The van der Waals surface area contributed by atoms with Gasteiger partial charge in [0.15, 0.2) is 0 Å². The minimum absolute atomic E-state index is 0.276. The molecule has 0 heterocycles. The third-order valence-electron chi connectivity index (χ3n) is 2.29. The van der Waals surface area contributed by atoms with E-state index in [2.05, 4.69) is 0 Å². The van der Waals surface area contributed by atoms with Gasteiger partial charge >= 0.3 is 0 Å². The van der Waals surface area contributed by atoms with Gasteiger partial charge in [-0.3, -0.25) is 0 Å². The van der Waals surface area contributed by atoms with E-state index in [-0.39, 0.29) is 11.9 Å². The highest BCUT2D eigenvalue weighted by Crippen LogP contribution is 2.30. The summed E-state index contributed by atoms with van der Waals surface area (Å²) < 4.78 is 12.7. The molecule has 0 unspecified atom stereocenters. The van der Waals surface area contributed by atoms with Crippen LogP contribution in [-0.4, -0.2) is 11.1 Å². The second-order valence-corrected chi connectivity index (χ2v) is 3.16. The highest BCUT2D eigenvalue weighted by molar-refractivity contribution is 5.36. The van der Waals surface area contributed by atoms with Crippen LogP contribution in [0.3, 0.4) is 0 Å². The molecule has 3 N–H and O–H groups in total. The van der Waals surface area contributed by atoms with Crippen molar-refractivity contribution in [3.05, 3.63) is 35.1 Å². The van der Waals surface area contributed by atoms with Crippen LogP contribution in [0, 0.1) is 5.82 Å². The van der Waals surface area contributed by atoms with Gasteiger partial charge in [0.1, 0.15) is 5.82 Å². The molecule has 0 aliphatic heterocycles. The van der Waals surface area contributed by atoms with Crippen LogP contribution in [-0.2, 0) is 6.42 Å². The van der Waals surface area contributed by atoms with E-state index < -0.39 is 6.10 Å². The van der Waals surface area contributed by atoms with E-state index in [9.17, 15) is 9.50 Å². The number of hydrogen-bond acceptors (Lipinski definition) is 2. The first-order chi connectivity index (χ1) is 5.68. The number of halogens is 1. The number of rotatable bonds is 0. The molecular weight excluding hydrogens is 157 g/mol. The van der Waals surface area contributed by atoms with E-state index in [1.54, 1.807) is 6.07 Å². The van der Waals surface area contributed by atoms with Crippen molar-refractivity contribution in [1.82, 2.24) is 0 Å². The Morgan fingerprint density at radius 3 is 3.00 bits per heavy atom. The monoisotopic (exact) mass is 167 g/mol. The summed E-state index contributed by atoms with van der Waals surface area (Å²) in [7, 11) is 0. The van der Waals surface area contributed by atoms with Crippen molar-refractivity contribution in [2.75, 3.05) is 0 Å². The van der Waals surface area contributed by atoms with Crippen LogP contribution in [0.5, 0.6) is 0 Å². The zero-order valence-electron chi connectivity index (χ0n) is 6.50. The van der Waals surface area contributed by atoms with Crippen LogP contribution in [0.2, 0.25) is 0 Å². The van der Waals surface area contributed by atoms with Crippen LogP contribution in [0.25, 0.3) is 0 Å². The van der Waals surface area contributed by atoms with Crippen molar-refractivity contribution in [2.24, 2.45) is 5.73 Å². The van der Waals surface area contributed by atoms with E-state index in [4.69, 9.17) is 5.73 Å². The largest absolute Gasteiger partial charge is 0.387 e. The Bertz CT molecular complexity index is 313. The Morgan fingerprint density at radius 2 is 2.25 bits per heavy atom. The Morgan fingerprint density at radius 1 is 1.50 bits per heavy atom. The zero-order valence-corrected chi connectivity index (χ0v) is 6.50. The summed E-state index contributed by atoms with van der Waals surface area (Å²) in [5.74, 6) is -0.318. The minimum Gasteiger partial charge on any atom is -0.387 e. The standard InChI is InChI=1S/C9H10FNO/c10-6-2-1-5-3-8(11)9(12)7(5)4-6/h1-2,4,8-9,12H,3,11H2/t8-,9-/m0/s1. The van der Waals surface area contributed by atoms with Gasteiger partial charge in [0.25, 0.3) is 0 Å². The molecule has 0 fully saturated rings. The second-order valence-electron chi connectivity index (χ2n) is 3.16. The summed E-state index contributed by atoms with van der Waals surface area (Å²) in [4.78, 5) is 0. The third-order valence-corrected chi connectivity index (χ3v) is 2.29. The first kappa shape index (κ1) is 7.71. The summed E-state index contributed by atoms with van der Waals surface area (Å²) in [5.41, 5.74) is 7.20. The summed E-state index contributed by atoms with van der Waals surface area (Å²) in [6.45, 7) is 0.